The van der Waals surface area contributed by atoms with Gasteiger partial charge in [0.2, 0.25) is 5.91 Å². The molecule has 0 bridgehead atoms. The Bertz CT molecular complexity index is 894. The molecule has 1 aromatic carbocycles. The third-order valence-corrected chi connectivity index (χ3v) is 6.15. The summed E-state index contributed by atoms with van der Waals surface area (Å²) in [5.74, 6) is -0.486. The van der Waals surface area contributed by atoms with E-state index in [0.29, 0.717) is 23.5 Å². The van der Waals surface area contributed by atoms with E-state index in [1.807, 2.05) is 31.2 Å². The Kier molecular flexibility index (Phi) is 10.6. The molecule has 1 aliphatic rings. The minimum Gasteiger partial charge on any atom is -0.459 e. The zero-order chi connectivity index (χ0) is 25.3. The maximum absolute atomic E-state index is 13.1. The molecule has 0 saturated carbocycles. The molecular formula is C27H41N3O4. The van der Waals surface area contributed by atoms with E-state index in [9.17, 15) is 14.4 Å². The number of ether oxygens (including phenoxy) is 1. The highest BCUT2D eigenvalue weighted by molar-refractivity contribution is 5.96. The first kappa shape index (κ1) is 27.4. The predicted octanol–water partition coefficient (Wildman–Crippen LogP) is 5.93. The van der Waals surface area contributed by atoms with Gasteiger partial charge >= 0.3 is 12.0 Å². The van der Waals surface area contributed by atoms with E-state index in [1.54, 1.807) is 25.7 Å². The lowest BCUT2D eigenvalue weighted by molar-refractivity contribution is -0.143. The first-order valence-corrected chi connectivity index (χ1v) is 12.6. The number of amides is 3. The maximum atomic E-state index is 13.1. The van der Waals surface area contributed by atoms with Crippen molar-refractivity contribution in [2.45, 2.75) is 92.2 Å². The summed E-state index contributed by atoms with van der Waals surface area (Å²) in [6.07, 6.45) is 5.19. The molecular weight excluding hydrogens is 430 g/mol. The predicted molar refractivity (Wildman–Crippen MR) is 135 cm³/mol. The highest BCUT2D eigenvalue weighted by atomic mass is 16.5. The smallest absolute Gasteiger partial charge is 0.338 e. The zero-order valence-corrected chi connectivity index (χ0v) is 21.6. The molecule has 2 atom stereocenters. The Hall–Kier alpha value is -2.83. The molecule has 3 amide bonds. The highest BCUT2D eigenvalue weighted by Crippen LogP contribution is 2.33. The third-order valence-electron chi connectivity index (χ3n) is 6.15. The van der Waals surface area contributed by atoms with E-state index in [-0.39, 0.29) is 24.0 Å². The fraction of sp³-hybridized carbons (Fsp3) is 0.593. The molecule has 0 radical (unpaired) electrons. The Morgan fingerprint density at radius 2 is 1.85 bits per heavy atom. The van der Waals surface area contributed by atoms with Crippen LogP contribution >= 0.6 is 0 Å². The lowest BCUT2D eigenvalue weighted by Crippen LogP contribution is -2.48. The van der Waals surface area contributed by atoms with Crippen LogP contribution in [0.2, 0.25) is 0 Å². The molecule has 2 unspecified atom stereocenters. The van der Waals surface area contributed by atoms with Crippen LogP contribution in [0, 0.1) is 5.92 Å². The summed E-state index contributed by atoms with van der Waals surface area (Å²) >= 11 is 0. The number of nitrogens with zero attached hydrogens (tertiary/aromatic N) is 1. The highest BCUT2D eigenvalue weighted by Gasteiger charge is 2.36. The summed E-state index contributed by atoms with van der Waals surface area (Å²) in [6, 6.07) is 6.44. The van der Waals surface area contributed by atoms with Crippen molar-refractivity contribution in [1.82, 2.24) is 10.2 Å². The molecule has 1 aliphatic heterocycles. The second kappa shape index (κ2) is 13.2. The largest absolute Gasteiger partial charge is 0.459 e. The van der Waals surface area contributed by atoms with E-state index < -0.39 is 12.0 Å². The Morgan fingerprint density at radius 1 is 1.15 bits per heavy atom. The van der Waals surface area contributed by atoms with E-state index >= 15 is 0 Å². The van der Waals surface area contributed by atoms with E-state index in [2.05, 4.69) is 24.5 Å². The quantitative estimate of drug-likeness (QED) is 0.370. The van der Waals surface area contributed by atoms with Crippen LogP contribution in [0.25, 0.3) is 0 Å². The van der Waals surface area contributed by atoms with Crippen LogP contribution in [0.1, 0.15) is 91.7 Å². The molecule has 1 heterocycles. The number of anilines is 1. The van der Waals surface area contributed by atoms with Crippen molar-refractivity contribution in [3.05, 3.63) is 41.1 Å². The SMILES string of the molecule is CCCCC(CC)C(=O)Nc1cccc(C2NC(=O)N(CCCC)C(C)=C2C(=O)OC(C)C)c1. The van der Waals surface area contributed by atoms with Gasteiger partial charge in [-0.1, -0.05) is 52.2 Å². The van der Waals surface area contributed by atoms with E-state index in [1.165, 1.54) is 0 Å². The Labute approximate surface area is 204 Å². The lowest BCUT2D eigenvalue weighted by Gasteiger charge is -2.35. The number of allylic oxidation sites excluding steroid dienone is 1. The molecule has 34 heavy (non-hydrogen) atoms. The van der Waals surface area contributed by atoms with Crippen LogP contribution in [0.4, 0.5) is 10.5 Å². The van der Waals surface area contributed by atoms with Gasteiger partial charge in [0.05, 0.1) is 17.7 Å². The van der Waals surface area contributed by atoms with Crippen LogP contribution in [0.3, 0.4) is 0 Å². The number of benzene rings is 1. The second-order valence-electron chi connectivity index (χ2n) is 9.20. The van der Waals surface area contributed by atoms with Crippen molar-refractivity contribution in [3.63, 3.8) is 0 Å². The first-order valence-electron chi connectivity index (χ1n) is 12.6. The summed E-state index contributed by atoms with van der Waals surface area (Å²) < 4.78 is 5.53. The van der Waals surface area contributed by atoms with Gasteiger partial charge in [0.1, 0.15) is 0 Å². The number of carbonyl (C=O) groups excluding carboxylic acids is 3. The summed E-state index contributed by atoms with van der Waals surface area (Å²) in [5, 5.41) is 6.01. The van der Waals surface area contributed by atoms with Crippen LogP contribution in [-0.4, -0.2) is 35.5 Å². The number of nitrogens with one attached hydrogen (secondary N) is 2. The minimum atomic E-state index is -0.657. The van der Waals surface area contributed by atoms with Gasteiger partial charge in [0.15, 0.2) is 0 Å². The summed E-state index contributed by atoms with van der Waals surface area (Å²) in [7, 11) is 0. The van der Waals surface area contributed by atoms with Gasteiger partial charge in [-0.2, -0.15) is 0 Å². The third kappa shape index (κ3) is 7.08. The fourth-order valence-electron chi connectivity index (χ4n) is 4.17. The fourth-order valence-corrected chi connectivity index (χ4v) is 4.17. The summed E-state index contributed by atoms with van der Waals surface area (Å²) in [6.45, 7) is 12.1. The topological polar surface area (TPSA) is 87.7 Å². The second-order valence-corrected chi connectivity index (χ2v) is 9.20. The number of hydrogen-bond acceptors (Lipinski definition) is 4. The molecule has 0 aromatic heterocycles. The van der Waals surface area contributed by atoms with Gasteiger partial charge < -0.3 is 15.4 Å². The monoisotopic (exact) mass is 471 g/mol. The molecule has 2 N–H and O–H groups in total. The maximum Gasteiger partial charge on any atom is 0.338 e. The molecule has 1 aromatic rings. The number of carbonyl (C=O) groups is 3. The number of unbranched alkanes of at least 4 members (excludes halogenated alkanes) is 2. The lowest BCUT2D eigenvalue weighted by atomic mass is 9.94. The average molecular weight is 472 g/mol. The number of rotatable bonds is 12. The number of hydrogen-bond donors (Lipinski definition) is 2. The van der Waals surface area contributed by atoms with Crippen molar-refractivity contribution < 1.29 is 19.1 Å². The van der Waals surface area contributed by atoms with Crippen molar-refractivity contribution in [1.29, 1.82) is 0 Å². The van der Waals surface area contributed by atoms with E-state index in [0.717, 1.165) is 44.1 Å². The molecule has 7 heteroatoms. The molecule has 0 aliphatic carbocycles. The van der Waals surface area contributed by atoms with Gasteiger partial charge in [-0.15, -0.1) is 0 Å². The molecule has 0 spiro atoms. The van der Waals surface area contributed by atoms with Crippen LogP contribution in [0.5, 0.6) is 0 Å². The first-order chi connectivity index (χ1) is 16.2. The van der Waals surface area contributed by atoms with Gasteiger partial charge in [-0.3, -0.25) is 9.69 Å². The molecule has 0 saturated heterocycles. The zero-order valence-electron chi connectivity index (χ0n) is 21.6. The van der Waals surface area contributed by atoms with E-state index in [4.69, 9.17) is 4.74 Å². The summed E-state index contributed by atoms with van der Waals surface area (Å²) in [4.78, 5) is 40.4. The normalized spacial score (nSPS) is 17.0. The van der Waals surface area contributed by atoms with Crippen LogP contribution in [0.15, 0.2) is 35.5 Å². The van der Waals surface area contributed by atoms with Crippen LogP contribution < -0.4 is 10.6 Å². The molecule has 188 valence electrons. The number of urea groups is 1. The minimum absolute atomic E-state index is 0.00214. The average Bonchev–Trinajstić information content (AvgIpc) is 2.78. The van der Waals surface area contributed by atoms with Crippen molar-refractivity contribution in [2.24, 2.45) is 5.92 Å². The standard InChI is InChI=1S/C27H41N3O4/c1-7-10-13-20(9-3)25(31)28-22-15-12-14-21(17-22)24-23(26(32)34-18(4)5)19(6)30(16-11-8-2)27(33)29-24/h12,14-15,17-18,20,24H,7-11,13,16H2,1-6H3,(H,28,31)(H,29,33). The van der Waals surface area contributed by atoms with Gasteiger partial charge in [-0.25, -0.2) is 9.59 Å². The number of esters is 1. The molecule has 7 nitrogen and oxygen atoms in total. The summed E-state index contributed by atoms with van der Waals surface area (Å²) in [5.41, 5.74) is 2.39. The molecule has 0 fully saturated rings. The van der Waals surface area contributed by atoms with Crippen molar-refractivity contribution in [2.75, 3.05) is 11.9 Å². The molecule has 2 rings (SSSR count). The van der Waals surface area contributed by atoms with Gasteiger partial charge in [0.25, 0.3) is 0 Å². The van der Waals surface area contributed by atoms with Crippen LogP contribution in [-0.2, 0) is 14.3 Å². The van der Waals surface area contributed by atoms with Gasteiger partial charge in [-0.05, 0) is 57.7 Å². The Morgan fingerprint density at radius 3 is 2.47 bits per heavy atom. The van der Waals surface area contributed by atoms with Gasteiger partial charge in [0, 0.05) is 23.8 Å². The Balaban J connectivity index is 2.37. The van der Waals surface area contributed by atoms with Crippen molar-refractivity contribution in [3.8, 4) is 0 Å². The van der Waals surface area contributed by atoms with Crippen molar-refractivity contribution >= 4 is 23.6 Å².